The van der Waals surface area contributed by atoms with Crippen LogP contribution in [-0.2, 0) is 0 Å². The van der Waals surface area contributed by atoms with E-state index in [1.807, 2.05) is 0 Å². The summed E-state index contributed by atoms with van der Waals surface area (Å²) in [6, 6.07) is 8.33. The van der Waals surface area contributed by atoms with E-state index in [0.717, 1.165) is 16.8 Å². The zero-order valence-electron chi connectivity index (χ0n) is 10.1. The van der Waals surface area contributed by atoms with Gasteiger partial charge in [0.25, 0.3) is 0 Å². The van der Waals surface area contributed by atoms with Crippen LogP contribution in [0.2, 0.25) is 0 Å². The molecule has 0 spiro atoms. The molecule has 1 fully saturated rings. The van der Waals surface area contributed by atoms with Crippen molar-refractivity contribution < 1.29 is 4.52 Å². The van der Waals surface area contributed by atoms with Crippen LogP contribution in [0.1, 0.15) is 30.5 Å². The van der Waals surface area contributed by atoms with Crippen molar-refractivity contribution in [1.82, 2.24) is 5.16 Å². The predicted octanol–water partition coefficient (Wildman–Crippen LogP) is 3.36. The van der Waals surface area contributed by atoms with Gasteiger partial charge in [-0.3, -0.25) is 0 Å². The Labute approximate surface area is 101 Å². The number of aryl methyl sites for hydroxylation is 1. The van der Waals surface area contributed by atoms with Crippen molar-refractivity contribution in [3.63, 3.8) is 0 Å². The number of hydrogen-bond acceptors (Lipinski definition) is 3. The number of nitrogens with zero attached hydrogens (tertiary/aromatic N) is 1. The summed E-state index contributed by atoms with van der Waals surface area (Å²) in [7, 11) is 0. The fourth-order valence-electron chi connectivity index (χ4n) is 2.28. The van der Waals surface area contributed by atoms with Crippen molar-refractivity contribution in [3.05, 3.63) is 35.5 Å². The number of benzene rings is 1. The van der Waals surface area contributed by atoms with Crippen LogP contribution in [0.4, 0.5) is 5.88 Å². The summed E-state index contributed by atoms with van der Waals surface area (Å²) >= 11 is 0. The van der Waals surface area contributed by atoms with Gasteiger partial charge in [0.2, 0.25) is 5.88 Å². The molecule has 0 aliphatic heterocycles. The molecule has 17 heavy (non-hydrogen) atoms. The van der Waals surface area contributed by atoms with Gasteiger partial charge in [-0.05, 0) is 24.8 Å². The van der Waals surface area contributed by atoms with E-state index < -0.39 is 0 Å². The lowest BCUT2D eigenvalue weighted by atomic mass is 10.0. The van der Waals surface area contributed by atoms with Gasteiger partial charge in [0.15, 0.2) is 0 Å². The summed E-state index contributed by atoms with van der Waals surface area (Å²) < 4.78 is 5.16. The highest BCUT2D eigenvalue weighted by atomic mass is 16.5. The standard InChI is InChI=1S/C14H16N2O/c1-8-3-5-10(6-4-8)12-13(11-7-9(11)2)16-17-14(12)15/h3-6,9,11H,7,15H2,1-2H3. The topological polar surface area (TPSA) is 52.0 Å². The van der Waals surface area contributed by atoms with Crippen LogP contribution < -0.4 is 5.73 Å². The molecule has 1 aliphatic carbocycles. The Morgan fingerprint density at radius 3 is 2.53 bits per heavy atom. The molecule has 1 saturated carbocycles. The van der Waals surface area contributed by atoms with Crippen molar-refractivity contribution in [2.75, 3.05) is 5.73 Å². The van der Waals surface area contributed by atoms with E-state index in [1.54, 1.807) is 0 Å². The van der Waals surface area contributed by atoms with Crippen LogP contribution in [0, 0.1) is 12.8 Å². The lowest BCUT2D eigenvalue weighted by molar-refractivity contribution is 0.427. The van der Waals surface area contributed by atoms with E-state index in [-0.39, 0.29) is 0 Å². The van der Waals surface area contributed by atoms with Crippen molar-refractivity contribution in [1.29, 1.82) is 0 Å². The summed E-state index contributed by atoms with van der Waals surface area (Å²) in [6.07, 6.45) is 1.19. The highest BCUT2D eigenvalue weighted by Gasteiger charge is 2.39. The molecule has 0 radical (unpaired) electrons. The second-order valence-electron chi connectivity index (χ2n) is 4.99. The van der Waals surface area contributed by atoms with Gasteiger partial charge in [-0.1, -0.05) is 41.9 Å². The average molecular weight is 228 g/mol. The van der Waals surface area contributed by atoms with Gasteiger partial charge < -0.3 is 10.3 Å². The second kappa shape index (κ2) is 3.62. The summed E-state index contributed by atoms with van der Waals surface area (Å²) in [4.78, 5) is 0. The van der Waals surface area contributed by atoms with Gasteiger partial charge in [-0.2, -0.15) is 0 Å². The van der Waals surface area contributed by atoms with Gasteiger partial charge in [0.1, 0.15) is 0 Å². The van der Waals surface area contributed by atoms with Crippen LogP contribution in [0.15, 0.2) is 28.8 Å². The van der Waals surface area contributed by atoms with Gasteiger partial charge in [0, 0.05) is 5.92 Å². The first-order valence-electron chi connectivity index (χ1n) is 5.99. The molecule has 1 aliphatic rings. The SMILES string of the molecule is Cc1ccc(-c2c(C3CC3C)noc2N)cc1. The lowest BCUT2D eigenvalue weighted by Crippen LogP contribution is -1.90. The second-order valence-corrected chi connectivity index (χ2v) is 4.99. The Hall–Kier alpha value is -1.77. The Balaban J connectivity index is 2.07. The van der Waals surface area contributed by atoms with E-state index in [9.17, 15) is 0 Å². The van der Waals surface area contributed by atoms with Crippen molar-refractivity contribution in [2.24, 2.45) is 5.92 Å². The molecule has 0 saturated heterocycles. The van der Waals surface area contributed by atoms with Gasteiger partial charge >= 0.3 is 0 Å². The fraction of sp³-hybridized carbons (Fsp3) is 0.357. The van der Waals surface area contributed by atoms with Crippen LogP contribution in [0.5, 0.6) is 0 Å². The molecule has 2 aromatic rings. The summed E-state index contributed by atoms with van der Waals surface area (Å²) in [5.74, 6) is 1.65. The number of anilines is 1. The Morgan fingerprint density at radius 2 is 1.94 bits per heavy atom. The van der Waals surface area contributed by atoms with Crippen LogP contribution >= 0.6 is 0 Å². The third-order valence-corrected chi connectivity index (χ3v) is 3.55. The molecule has 0 amide bonds. The van der Waals surface area contributed by atoms with E-state index in [2.05, 4.69) is 43.3 Å². The quantitative estimate of drug-likeness (QED) is 0.857. The molecule has 3 rings (SSSR count). The molecular formula is C14H16N2O. The summed E-state index contributed by atoms with van der Waals surface area (Å²) in [5, 5.41) is 4.13. The molecule has 1 heterocycles. The van der Waals surface area contributed by atoms with Crippen molar-refractivity contribution in [3.8, 4) is 11.1 Å². The van der Waals surface area contributed by atoms with E-state index in [1.165, 1.54) is 12.0 Å². The smallest absolute Gasteiger partial charge is 0.230 e. The molecule has 88 valence electrons. The number of rotatable bonds is 2. The maximum Gasteiger partial charge on any atom is 0.230 e. The molecule has 2 N–H and O–H groups in total. The normalized spacial score (nSPS) is 22.7. The average Bonchev–Trinajstić information content (AvgIpc) is 2.90. The maximum atomic E-state index is 5.89. The van der Waals surface area contributed by atoms with Gasteiger partial charge in [-0.15, -0.1) is 0 Å². The third kappa shape index (κ3) is 1.71. The van der Waals surface area contributed by atoms with E-state index >= 15 is 0 Å². The minimum atomic E-state index is 0.433. The molecule has 2 atom stereocenters. The van der Waals surface area contributed by atoms with Crippen molar-refractivity contribution >= 4 is 5.88 Å². The van der Waals surface area contributed by atoms with E-state index in [4.69, 9.17) is 10.3 Å². The Bertz CT molecular complexity index is 542. The zero-order chi connectivity index (χ0) is 12.0. The minimum Gasteiger partial charge on any atom is -0.367 e. The number of nitrogen functional groups attached to an aromatic ring is 1. The first kappa shape index (κ1) is 10.4. The van der Waals surface area contributed by atoms with Gasteiger partial charge in [-0.25, -0.2) is 0 Å². The molecule has 1 aromatic carbocycles. The molecule has 2 unspecified atom stereocenters. The van der Waals surface area contributed by atoms with Crippen LogP contribution in [0.25, 0.3) is 11.1 Å². The Kier molecular flexibility index (Phi) is 2.21. The molecule has 1 aromatic heterocycles. The highest BCUT2D eigenvalue weighted by Crippen LogP contribution is 2.50. The zero-order valence-corrected chi connectivity index (χ0v) is 10.1. The highest BCUT2D eigenvalue weighted by molar-refractivity contribution is 5.76. The number of hydrogen-bond donors (Lipinski definition) is 1. The summed E-state index contributed by atoms with van der Waals surface area (Å²) in [6.45, 7) is 4.30. The lowest BCUT2D eigenvalue weighted by Gasteiger charge is -2.02. The maximum absolute atomic E-state index is 5.89. The molecule has 3 nitrogen and oxygen atoms in total. The monoisotopic (exact) mass is 228 g/mol. The van der Waals surface area contributed by atoms with Crippen LogP contribution in [0.3, 0.4) is 0 Å². The summed E-state index contributed by atoms with van der Waals surface area (Å²) in [5.41, 5.74) is 10.2. The predicted molar refractivity (Wildman–Crippen MR) is 67.6 cm³/mol. The fourth-order valence-corrected chi connectivity index (χ4v) is 2.28. The largest absolute Gasteiger partial charge is 0.367 e. The number of nitrogens with two attached hydrogens (primary N) is 1. The first-order valence-corrected chi connectivity index (χ1v) is 5.99. The first-order chi connectivity index (χ1) is 8.16. The molecule has 3 heteroatoms. The van der Waals surface area contributed by atoms with E-state index in [0.29, 0.717) is 17.7 Å². The third-order valence-electron chi connectivity index (χ3n) is 3.55. The minimum absolute atomic E-state index is 0.433. The molecular weight excluding hydrogens is 212 g/mol. The van der Waals surface area contributed by atoms with Crippen molar-refractivity contribution in [2.45, 2.75) is 26.2 Å². The molecule has 0 bridgehead atoms. The van der Waals surface area contributed by atoms with Gasteiger partial charge in [0.05, 0.1) is 11.3 Å². The van der Waals surface area contributed by atoms with Crippen LogP contribution in [-0.4, -0.2) is 5.16 Å². The number of aromatic nitrogens is 1. The Morgan fingerprint density at radius 1 is 1.29 bits per heavy atom.